The Morgan fingerprint density at radius 1 is 1.26 bits per heavy atom. The standard InChI is InChI=1S/C20H18N2O3S2/c1-13-5-4-7-15(11-13)21-18(24)9-10-22-19(25)17(27-20(22)26)12-14-6-2-3-8-16(14)23/h2-8,11-12,23H,9-10H2,1H3,(H,21,24)/b17-12-. The molecule has 2 N–H and O–H groups in total. The molecule has 0 spiro atoms. The Bertz CT molecular complexity index is 940. The summed E-state index contributed by atoms with van der Waals surface area (Å²) in [4.78, 5) is 26.6. The molecular formula is C20H18N2O3S2. The monoisotopic (exact) mass is 398 g/mol. The van der Waals surface area contributed by atoms with Gasteiger partial charge in [-0.3, -0.25) is 14.5 Å². The van der Waals surface area contributed by atoms with E-state index in [9.17, 15) is 14.7 Å². The summed E-state index contributed by atoms with van der Waals surface area (Å²) >= 11 is 6.44. The van der Waals surface area contributed by atoms with Gasteiger partial charge in [0.2, 0.25) is 5.91 Å². The molecule has 1 fully saturated rings. The third-order valence-electron chi connectivity index (χ3n) is 3.96. The van der Waals surface area contributed by atoms with Gasteiger partial charge < -0.3 is 10.4 Å². The van der Waals surface area contributed by atoms with Gasteiger partial charge in [0, 0.05) is 24.2 Å². The number of hydrogen-bond donors (Lipinski definition) is 2. The molecule has 0 atom stereocenters. The summed E-state index contributed by atoms with van der Waals surface area (Å²) < 4.78 is 0.407. The van der Waals surface area contributed by atoms with E-state index in [4.69, 9.17) is 12.2 Å². The molecule has 0 aromatic heterocycles. The van der Waals surface area contributed by atoms with E-state index in [1.807, 2.05) is 31.2 Å². The Labute approximate surface area is 167 Å². The van der Waals surface area contributed by atoms with Crippen LogP contribution < -0.4 is 5.32 Å². The molecule has 5 nitrogen and oxygen atoms in total. The molecule has 138 valence electrons. The number of phenolic OH excluding ortho intramolecular Hbond substituents is 1. The first-order chi connectivity index (χ1) is 12.9. The lowest BCUT2D eigenvalue weighted by atomic mass is 10.2. The first-order valence-electron chi connectivity index (χ1n) is 8.34. The highest BCUT2D eigenvalue weighted by atomic mass is 32.2. The van der Waals surface area contributed by atoms with E-state index in [0.717, 1.165) is 11.3 Å². The van der Waals surface area contributed by atoms with Gasteiger partial charge in [0.05, 0.1) is 4.91 Å². The van der Waals surface area contributed by atoms with Gasteiger partial charge in [-0.1, -0.05) is 54.3 Å². The second kappa shape index (κ2) is 8.37. The number of carbonyl (C=O) groups excluding carboxylic acids is 2. The summed E-state index contributed by atoms with van der Waals surface area (Å²) in [5.41, 5.74) is 2.33. The van der Waals surface area contributed by atoms with Crippen LogP contribution >= 0.6 is 24.0 Å². The van der Waals surface area contributed by atoms with Crippen molar-refractivity contribution in [2.24, 2.45) is 0 Å². The number of aromatic hydroxyl groups is 1. The molecule has 2 aromatic carbocycles. The van der Waals surface area contributed by atoms with E-state index >= 15 is 0 Å². The minimum Gasteiger partial charge on any atom is -0.507 e. The lowest BCUT2D eigenvalue weighted by Gasteiger charge is -2.14. The maximum absolute atomic E-state index is 12.6. The Kier molecular flexibility index (Phi) is 5.93. The second-order valence-corrected chi connectivity index (χ2v) is 7.74. The minimum absolute atomic E-state index is 0.0975. The lowest BCUT2D eigenvalue weighted by Crippen LogP contribution is -2.31. The van der Waals surface area contributed by atoms with Crippen molar-refractivity contribution in [2.45, 2.75) is 13.3 Å². The third kappa shape index (κ3) is 4.75. The van der Waals surface area contributed by atoms with Crippen molar-refractivity contribution in [1.82, 2.24) is 4.90 Å². The number of hydrogen-bond acceptors (Lipinski definition) is 5. The Morgan fingerprint density at radius 3 is 2.78 bits per heavy atom. The number of para-hydroxylation sites is 1. The molecule has 2 aromatic rings. The largest absolute Gasteiger partial charge is 0.507 e. The molecule has 0 radical (unpaired) electrons. The molecule has 0 aliphatic carbocycles. The summed E-state index contributed by atoms with van der Waals surface area (Å²) in [5, 5.41) is 12.7. The van der Waals surface area contributed by atoms with Crippen molar-refractivity contribution in [3.05, 3.63) is 64.6 Å². The van der Waals surface area contributed by atoms with Crippen LogP contribution in [0.2, 0.25) is 0 Å². The first-order valence-corrected chi connectivity index (χ1v) is 9.56. The van der Waals surface area contributed by atoms with Crippen molar-refractivity contribution in [3.8, 4) is 5.75 Å². The highest BCUT2D eigenvalue weighted by molar-refractivity contribution is 8.26. The molecule has 1 aliphatic heterocycles. The van der Waals surface area contributed by atoms with Crippen LogP contribution in [0, 0.1) is 6.92 Å². The van der Waals surface area contributed by atoms with E-state index in [2.05, 4.69) is 5.32 Å². The fourth-order valence-corrected chi connectivity index (χ4v) is 3.90. The van der Waals surface area contributed by atoms with Crippen molar-refractivity contribution in [2.75, 3.05) is 11.9 Å². The maximum atomic E-state index is 12.6. The zero-order valence-electron chi connectivity index (χ0n) is 14.6. The van der Waals surface area contributed by atoms with Gasteiger partial charge in [-0.25, -0.2) is 0 Å². The Morgan fingerprint density at radius 2 is 2.04 bits per heavy atom. The normalized spacial score (nSPS) is 15.4. The van der Waals surface area contributed by atoms with Gasteiger partial charge in [-0.15, -0.1) is 0 Å². The summed E-state index contributed by atoms with van der Waals surface area (Å²) in [6.07, 6.45) is 1.76. The van der Waals surface area contributed by atoms with Gasteiger partial charge in [-0.05, 0) is 36.8 Å². The average Bonchev–Trinajstić information content (AvgIpc) is 2.88. The minimum atomic E-state index is -0.253. The number of phenols is 1. The van der Waals surface area contributed by atoms with Crippen LogP contribution in [0.15, 0.2) is 53.4 Å². The molecule has 1 saturated heterocycles. The molecular weight excluding hydrogens is 380 g/mol. The quantitative estimate of drug-likeness (QED) is 0.590. The molecule has 0 unspecified atom stereocenters. The highest BCUT2D eigenvalue weighted by Crippen LogP contribution is 2.34. The van der Waals surface area contributed by atoms with Gasteiger partial charge >= 0.3 is 0 Å². The summed E-state index contributed by atoms with van der Waals surface area (Å²) in [7, 11) is 0. The highest BCUT2D eigenvalue weighted by Gasteiger charge is 2.32. The number of thioether (sulfide) groups is 1. The molecule has 0 saturated carbocycles. The van der Waals surface area contributed by atoms with Crippen LogP contribution in [0.4, 0.5) is 5.69 Å². The van der Waals surface area contributed by atoms with E-state index in [1.165, 1.54) is 16.7 Å². The number of amides is 2. The zero-order valence-corrected chi connectivity index (χ0v) is 16.3. The number of aryl methyl sites for hydroxylation is 1. The van der Waals surface area contributed by atoms with Gasteiger partial charge in [0.1, 0.15) is 10.1 Å². The number of rotatable bonds is 5. The molecule has 3 rings (SSSR count). The van der Waals surface area contributed by atoms with Crippen LogP contribution in [-0.4, -0.2) is 32.7 Å². The van der Waals surface area contributed by atoms with Crippen LogP contribution in [0.1, 0.15) is 17.5 Å². The molecule has 27 heavy (non-hydrogen) atoms. The molecule has 2 amide bonds. The molecule has 0 bridgehead atoms. The first kappa shape index (κ1) is 19.1. The fraction of sp³-hybridized carbons (Fsp3) is 0.150. The van der Waals surface area contributed by atoms with Crippen molar-refractivity contribution in [1.29, 1.82) is 0 Å². The number of nitrogens with zero attached hydrogens (tertiary/aromatic N) is 1. The fourth-order valence-electron chi connectivity index (χ4n) is 2.60. The topological polar surface area (TPSA) is 69.6 Å². The predicted octanol–water partition coefficient (Wildman–Crippen LogP) is 3.93. The summed E-state index contributed by atoms with van der Waals surface area (Å²) in [6.45, 7) is 2.16. The molecule has 1 aliphatic rings. The maximum Gasteiger partial charge on any atom is 0.266 e. The van der Waals surface area contributed by atoms with Crippen molar-refractivity contribution >= 4 is 51.9 Å². The van der Waals surface area contributed by atoms with Crippen LogP contribution in [0.3, 0.4) is 0 Å². The van der Waals surface area contributed by atoms with E-state index in [-0.39, 0.29) is 30.5 Å². The Balaban J connectivity index is 1.62. The predicted molar refractivity (Wildman–Crippen MR) is 112 cm³/mol. The number of thiocarbonyl (C=S) groups is 1. The number of anilines is 1. The van der Waals surface area contributed by atoms with E-state index in [0.29, 0.717) is 14.8 Å². The number of benzene rings is 2. The summed E-state index contributed by atoms with van der Waals surface area (Å²) in [5.74, 6) is -0.337. The molecule has 1 heterocycles. The van der Waals surface area contributed by atoms with Crippen molar-refractivity contribution in [3.63, 3.8) is 0 Å². The van der Waals surface area contributed by atoms with E-state index < -0.39 is 0 Å². The smallest absolute Gasteiger partial charge is 0.266 e. The zero-order chi connectivity index (χ0) is 19.4. The average molecular weight is 399 g/mol. The number of nitrogens with one attached hydrogen (secondary N) is 1. The van der Waals surface area contributed by atoms with Gasteiger partial charge in [0.15, 0.2) is 0 Å². The molecule has 7 heteroatoms. The summed E-state index contributed by atoms with van der Waals surface area (Å²) in [6, 6.07) is 14.3. The van der Waals surface area contributed by atoms with Gasteiger partial charge in [0.25, 0.3) is 5.91 Å². The SMILES string of the molecule is Cc1cccc(NC(=O)CCN2C(=O)/C(=C/c3ccccc3O)SC2=S)c1. The lowest BCUT2D eigenvalue weighted by molar-refractivity contribution is -0.122. The van der Waals surface area contributed by atoms with E-state index in [1.54, 1.807) is 30.3 Å². The van der Waals surface area contributed by atoms with Crippen LogP contribution in [0.25, 0.3) is 6.08 Å². The second-order valence-electron chi connectivity index (χ2n) is 6.06. The number of carbonyl (C=O) groups is 2. The van der Waals surface area contributed by atoms with Crippen LogP contribution in [0.5, 0.6) is 5.75 Å². The van der Waals surface area contributed by atoms with Crippen LogP contribution in [-0.2, 0) is 9.59 Å². The third-order valence-corrected chi connectivity index (χ3v) is 5.34. The van der Waals surface area contributed by atoms with Crippen molar-refractivity contribution < 1.29 is 14.7 Å². The van der Waals surface area contributed by atoms with Gasteiger partial charge in [-0.2, -0.15) is 0 Å². The Hall–Kier alpha value is -2.64.